The second-order valence-electron chi connectivity index (χ2n) is 6.64. The van der Waals surface area contributed by atoms with Gasteiger partial charge in [0.15, 0.2) is 5.78 Å². The number of benzene rings is 2. The van der Waals surface area contributed by atoms with Crippen LogP contribution in [-0.4, -0.2) is 28.0 Å². The minimum absolute atomic E-state index is 0.166. The first-order chi connectivity index (χ1) is 13.5. The number of halogens is 1. The molecule has 1 N–H and O–H groups in total. The lowest BCUT2D eigenvalue weighted by Crippen LogP contribution is -2.27. The van der Waals surface area contributed by atoms with Crippen LogP contribution in [0.15, 0.2) is 59.1 Å². The van der Waals surface area contributed by atoms with E-state index in [0.29, 0.717) is 23.2 Å². The summed E-state index contributed by atoms with van der Waals surface area (Å²) in [5, 5.41) is 7.33. The Hall–Kier alpha value is -2.73. The molecule has 5 nitrogen and oxygen atoms in total. The summed E-state index contributed by atoms with van der Waals surface area (Å²) in [4.78, 5) is 25.5. The minimum atomic E-state index is -0.241. The van der Waals surface area contributed by atoms with Gasteiger partial charge in [0.1, 0.15) is 0 Å². The quantitative estimate of drug-likeness (QED) is 0.440. The van der Waals surface area contributed by atoms with Gasteiger partial charge in [-0.1, -0.05) is 34.1 Å². The zero-order valence-corrected chi connectivity index (χ0v) is 17.5. The second kappa shape index (κ2) is 8.97. The Morgan fingerprint density at radius 2 is 1.71 bits per heavy atom. The van der Waals surface area contributed by atoms with Gasteiger partial charge in [0, 0.05) is 34.4 Å². The maximum Gasteiger partial charge on any atom is 0.252 e. The van der Waals surface area contributed by atoms with Crippen molar-refractivity contribution in [1.29, 1.82) is 0 Å². The third-order valence-corrected chi connectivity index (χ3v) is 4.99. The van der Waals surface area contributed by atoms with Crippen molar-refractivity contribution >= 4 is 27.6 Å². The predicted octanol–water partition coefficient (Wildman–Crippen LogP) is 4.31. The van der Waals surface area contributed by atoms with Crippen LogP contribution in [0.25, 0.3) is 0 Å². The molecule has 3 aromatic rings. The van der Waals surface area contributed by atoms with Crippen molar-refractivity contribution in [3.63, 3.8) is 0 Å². The van der Waals surface area contributed by atoms with Gasteiger partial charge in [0.05, 0.1) is 11.3 Å². The standard InChI is InChI=1S/C22H22BrN3O2/c1-15-14-16(2)26(25-15)13-5-12-24-22(28)20-7-4-3-6-19(20)21(27)17-8-10-18(23)11-9-17/h3-4,6-11,14H,5,12-13H2,1-2H3,(H,24,28). The number of carbonyl (C=O) groups excluding carboxylic acids is 2. The maximum atomic E-state index is 12.8. The van der Waals surface area contributed by atoms with E-state index in [1.165, 1.54) is 0 Å². The van der Waals surface area contributed by atoms with E-state index in [1.807, 2.05) is 36.7 Å². The number of hydrogen-bond acceptors (Lipinski definition) is 3. The maximum absolute atomic E-state index is 12.8. The van der Waals surface area contributed by atoms with Gasteiger partial charge in [0.2, 0.25) is 0 Å². The van der Waals surface area contributed by atoms with Crippen LogP contribution < -0.4 is 5.32 Å². The van der Waals surface area contributed by atoms with Gasteiger partial charge in [0.25, 0.3) is 5.91 Å². The Balaban J connectivity index is 1.64. The molecule has 0 saturated heterocycles. The van der Waals surface area contributed by atoms with Gasteiger partial charge in [-0.2, -0.15) is 5.10 Å². The molecule has 0 saturated carbocycles. The molecule has 1 amide bonds. The molecular weight excluding hydrogens is 418 g/mol. The number of amides is 1. The van der Waals surface area contributed by atoms with E-state index >= 15 is 0 Å². The molecule has 0 atom stereocenters. The molecule has 1 aromatic heterocycles. The number of aryl methyl sites for hydroxylation is 3. The lowest BCUT2D eigenvalue weighted by Gasteiger charge is -2.10. The summed E-state index contributed by atoms with van der Waals surface area (Å²) < 4.78 is 2.84. The molecule has 28 heavy (non-hydrogen) atoms. The fraction of sp³-hybridized carbons (Fsp3) is 0.227. The van der Waals surface area contributed by atoms with E-state index < -0.39 is 0 Å². The molecule has 0 spiro atoms. The fourth-order valence-electron chi connectivity index (χ4n) is 3.06. The molecule has 0 bridgehead atoms. The number of ketones is 1. The molecule has 0 aliphatic heterocycles. The summed E-state index contributed by atoms with van der Waals surface area (Å²) in [6, 6.07) is 16.1. The molecule has 6 heteroatoms. The lowest BCUT2D eigenvalue weighted by molar-refractivity contribution is 0.0941. The molecule has 3 rings (SSSR count). The molecule has 144 valence electrons. The van der Waals surface area contributed by atoms with Crippen molar-refractivity contribution in [2.24, 2.45) is 0 Å². The van der Waals surface area contributed by atoms with Gasteiger partial charge in [-0.25, -0.2) is 0 Å². The van der Waals surface area contributed by atoms with Crippen molar-refractivity contribution in [3.8, 4) is 0 Å². The average molecular weight is 440 g/mol. The summed E-state index contributed by atoms with van der Waals surface area (Å²) in [6.45, 7) is 5.23. The van der Waals surface area contributed by atoms with E-state index in [9.17, 15) is 9.59 Å². The van der Waals surface area contributed by atoms with Crippen molar-refractivity contribution in [1.82, 2.24) is 15.1 Å². The number of carbonyl (C=O) groups is 2. The van der Waals surface area contributed by atoms with Crippen LogP contribution in [0.2, 0.25) is 0 Å². The number of rotatable bonds is 7. The van der Waals surface area contributed by atoms with Crippen LogP contribution in [0.5, 0.6) is 0 Å². The molecular formula is C22H22BrN3O2. The van der Waals surface area contributed by atoms with Crippen molar-refractivity contribution in [2.45, 2.75) is 26.8 Å². The summed E-state index contributed by atoms with van der Waals surface area (Å²) in [5.74, 6) is -0.407. The Bertz CT molecular complexity index is 993. The number of nitrogens with zero attached hydrogens (tertiary/aromatic N) is 2. The lowest BCUT2D eigenvalue weighted by atomic mass is 9.98. The first-order valence-corrected chi connectivity index (χ1v) is 9.93. The van der Waals surface area contributed by atoms with Crippen molar-refractivity contribution < 1.29 is 9.59 Å². The van der Waals surface area contributed by atoms with Crippen LogP contribution >= 0.6 is 15.9 Å². The molecule has 0 aliphatic rings. The Kier molecular flexibility index (Phi) is 6.41. The van der Waals surface area contributed by atoms with Gasteiger partial charge < -0.3 is 5.32 Å². The zero-order chi connectivity index (χ0) is 20.1. The first kappa shape index (κ1) is 20.0. The smallest absolute Gasteiger partial charge is 0.252 e. The van der Waals surface area contributed by atoms with Crippen LogP contribution in [0.1, 0.15) is 44.1 Å². The Morgan fingerprint density at radius 1 is 1.04 bits per heavy atom. The normalized spacial score (nSPS) is 10.7. The summed E-state index contributed by atoms with van der Waals surface area (Å²) >= 11 is 3.36. The zero-order valence-electron chi connectivity index (χ0n) is 15.9. The van der Waals surface area contributed by atoms with Crippen LogP contribution in [0.3, 0.4) is 0 Å². The second-order valence-corrected chi connectivity index (χ2v) is 7.56. The molecule has 0 fully saturated rings. The van der Waals surface area contributed by atoms with E-state index in [2.05, 4.69) is 26.3 Å². The highest BCUT2D eigenvalue weighted by atomic mass is 79.9. The first-order valence-electron chi connectivity index (χ1n) is 9.14. The third kappa shape index (κ3) is 4.75. The summed E-state index contributed by atoms with van der Waals surface area (Å²) in [6.07, 6.45) is 0.760. The minimum Gasteiger partial charge on any atom is -0.352 e. The summed E-state index contributed by atoms with van der Waals surface area (Å²) in [7, 11) is 0. The fourth-order valence-corrected chi connectivity index (χ4v) is 3.33. The molecule has 2 aromatic carbocycles. The largest absolute Gasteiger partial charge is 0.352 e. The number of nitrogens with one attached hydrogen (secondary N) is 1. The van der Waals surface area contributed by atoms with Gasteiger partial charge in [-0.3, -0.25) is 14.3 Å². The van der Waals surface area contributed by atoms with Crippen LogP contribution in [-0.2, 0) is 6.54 Å². The van der Waals surface area contributed by atoms with Crippen molar-refractivity contribution in [3.05, 3.63) is 87.1 Å². The van der Waals surface area contributed by atoms with Crippen LogP contribution in [0, 0.1) is 13.8 Å². The number of hydrogen-bond donors (Lipinski definition) is 1. The average Bonchev–Trinajstić information content (AvgIpc) is 3.02. The molecule has 1 heterocycles. The van der Waals surface area contributed by atoms with Gasteiger partial charge in [-0.05, 0) is 56.7 Å². The highest BCUT2D eigenvalue weighted by Gasteiger charge is 2.17. The van der Waals surface area contributed by atoms with E-state index in [4.69, 9.17) is 0 Å². The van der Waals surface area contributed by atoms with E-state index in [-0.39, 0.29) is 11.7 Å². The molecule has 0 unspecified atom stereocenters. The highest BCUT2D eigenvalue weighted by Crippen LogP contribution is 2.17. The highest BCUT2D eigenvalue weighted by molar-refractivity contribution is 9.10. The summed E-state index contributed by atoms with van der Waals surface area (Å²) in [5.41, 5.74) is 3.44. The van der Waals surface area contributed by atoms with Crippen LogP contribution in [0.4, 0.5) is 0 Å². The van der Waals surface area contributed by atoms with Gasteiger partial charge >= 0.3 is 0 Å². The SMILES string of the molecule is Cc1cc(C)n(CCCNC(=O)c2ccccc2C(=O)c2ccc(Br)cc2)n1. The topological polar surface area (TPSA) is 64.0 Å². The number of aromatic nitrogens is 2. The van der Waals surface area contributed by atoms with Gasteiger partial charge in [-0.15, -0.1) is 0 Å². The molecule has 0 aliphatic carbocycles. The predicted molar refractivity (Wildman–Crippen MR) is 113 cm³/mol. The monoisotopic (exact) mass is 439 g/mol. The molecule has 0 radical (unpaired) electrons. The van der Waals surface area contributed by atoms with E-state index in [0.717, 1.165) is 28.8 Å². The Labute approximate surface area is 172 Å². The third-order valence-electron chi connectivity index (χ3n) is 4.46. The Morgan fingerprint density at radius 3 is 2.36 bits per heavy atom. The van der Waals surface area contributed by atoms with Crippen molar-refractivity contribution in [2.75, 3.05) is 6.54 Å². The van der Waals surface area contributed by atoms with E-state index in [1.54, 1.807) is 36.4 Å².